The average Bonchev–Trinajstić information content (AvgIpc) is 2.11. The number of pyridine rings is 1. The van der Waals surface area contributed by atoms with E-state index in [4.69, 9.17) is 5.26 Å². The highest BCUT2D eigenvalue weighted by Gasteiger charge is 2.13. The van der Waals surface area contributed by atoms with Crippen LogP contribution in [-0.4, -0.2) is 4.98 Å². The number of halogens is 2. The minimum absolute atomic E-state index is 0.00156. The highest BCUT2D eigenvalue weighted by atomic mass is 19.3. The predicted molar refractivity (Wildman–Crippen MR) is 46.1 cm³/mol. The van der Waals surface area contributed by atoms with Crippen LogP contribution in [0, 0.1) is 18.3 Å². The first kappa shape index (κ1) is 10.4. The van der Waals surface area contributed by atoms with Gasteiger partial charge in [-0.25, -0.2) is 8.78 Å². The number of rotatable bonds is 2. The maximum absolute atomic E-state index is 12.4. The first-order chi connectivity index (χ1) is 6.56. The Morgan fingerprint density at radius 2 is 2.29 bits per heavy atom. The van der Waals surface area contributed by atoms with Crippen molar-refractivity contribution in [2.75, 3.05) is 0 Å². The number of hydrogen-bond acceptors (Lipinski definition) is 2. The molecule has 3 nitrogen and oxygen atoms in total. The Morgan fingerprint density at radius 1 is 1.64 bits per heavy atom. The summed E-state index contributed by atoms with van der Waals surface area (Å²) in [7, 11) is 0. The lowest BCUT2D eigenvalue weighted by Crippen LogP contribution is -2.15. The molecule has 1 rings (SSSR count). The average molecular weight is 198 g/mol. The Hall–Kier alpha value is -1.70. The molecule has 1 aromatic heterocycles. The third-order valence-corrected chi connectivity index (χ3v) is 1.88. The first-order valence-corrected chi connectivity index (χ1v) is 3.94. The van der Waals surface area contributed by atoms with Crippen molar-refractivity contribution >= 4 is 0 Å². The van der Waals surface area contributed by atoms with Crippen LogP contribution < -0.4 is 5.56 Å². The molecule has 74 valence electrons. The molecule has 0 aliphatic heterocycles. The van der Waals surface area contributed by atoms with Gasteiger partial charge in [-0.15, -0.1) is 0 Å². The van der Waals surface area contributed by atoms with Crippen LogP contribution in [0.4, 0.5) is 8.78 Å². The molecular weight excluding hydrogens is 190 g/mol. The van der Waals surface area contributed by atoms with Gasteiger partial charge in [0.1, 0.15) is 0 Å². The number of hydrogen-bond donors (Lipinski definition) is 1. The number of aromatic amines is 1. The second-order valence-electron chi connectivity index (χ2n) is 2.84. The Balaban J connectivity index is 3.30. The lowest BCUT2D eigenvalue weighted by Gasteiger charge is -2.05. The van der Waals surface area contributed by atoms with Gasteiger partial charge in [-0.2, -0.15) is 5.26 Å². The molecule has 14 heavy (non-hydrogen) atoms. The van der Waals surface area contributed by atoms with E-state index in [0.29, 0.717) is 0 Å². The van der Waals surface area contributed by atoms with Crippen molar-refractivity contribution in [3.63, 3.8) is 0 Å². The topological polar surface area (TPSA) is 56.6 Å². The number of H-pyrrole nitrogens is 1. The Kier molecular flexibility index (Phi) is 2.97. The van der Waals surface area contributed by atoms with E-state index in [-0.39, 0.29) is 23.2 Å². The van der Waals surface area contributed by atoms with Crippen LogP contribution in [0.3, 0.4) is 0 Å². The summed E-state index contributed by atoms with van der Waals surface area (Å²) < 4.78 is 24.8. The number of aromatic nitrogens is 1. The van der Waals surface area contributed by atoms with Crippen LogP contribution in [0.15, 0.2) is 10.9 Å². The lowest BCUT2D eigenvalue weighted by atomic mass is 10.1. The summed E-state index contributed by atoms with van der Waals surface area (Å²) in [5.41, 5.74) is -0.646. The van der Waals surface area contributed by atoms with Crippen molar-refractivity contribution in [2.24, 2.45) is 0 Å². The molecule has 0 spiro atoms. The molecule has 0 radical (unpaired) electrons. The van der Waals surface area contributed by atoms with Crippen LogP contribution in [0.25, 0.3) is 0 Å². The Labute approximate surface area is 79.0 Å². The molecule has 0 aliphatic carbocycles. The zero-order chi connectivity index (χ0) is 10.7. The van der Waals surface area contributed by atoms with Gasteiger partial charge in [-0.1, -0.05) is 0 Å². The second-order valence-corrected chi connectivity index (χ2v) is 2.84. The smallest absolute Gasteiger partial charge is 0.264 e. The number of nitrogens with one attached hydrogen (secondary N) is 1. The quantitative estimate of drug-likeness (QED) is 0.786. The van der Waals surface area contributed by atoms with E-state index in [0.717, 1.165) is 6.07 Å². The molecule has 0 saturated heterocycles. The Bertz CT molecular complexity index is 431. The van der Waals surface area contributed by atoms with E-state index in [9.17, 15) is 13.6 Å². The summed E-state index contributed by atoms with van der Waals surface area (Å²) in [6.45, 7) is 1.33. The summed E-state index contributed by atoms with van der Waals surface area (Å²) in [4.78, 5) is 13.5. The van der Waals surface area contributed by atoms with E-state index >= 15 is 0 Å². The monoisotopic (exact) mass is 198 g/mol. The third-order valence-electron chi connectivity index (χ3n) is 1.88. The predicted octanol–water partition coefficient (Wildman–Crippen LogP) is 1.69. The summed E-state index contributed by atoms with van der Waals surface area (Å²) in [6, 6.07) is 2.94. The Morgan fingerprint density at radius 3 is 2.79 bits per heavy atom. The molecule has 1 N–H and O–H groups in total. The van der Waals surface area contributed by atoms with Crippen molar-refractivity contribution in [1.29, 1.82) is 5.26 Å². The van der Waals surface area contributed by atoms with Crippen LogP contribution >= 0.6 is 0 Å². The fraction of sp³-hybridized carbons (Fsp3) is 0.333. The number of nitriles is 1. The summed E-state index contributed by atoms with van der Waals surface area (Å²) in [5, 5.41) is 8.35. The normalized spacial score (nSPS) is 10.2. The largest absolute Gasteiger partial charge is 0.325 e. The molecule has 0 amide bonds. The standard InChI is InChI=1S/C9H8F2N2O/c1-5-7(8(10)11)4-6(2-3-12)13-9(5)14/h4,8H,2H2,1H3,(H,13,14). The minimum atomic E-state index is -2.69. The molecule has 5 heteroatoms. The SMILES string of the molecule is Cc1c(C(F)F)cc(CC#N)[nH]c1=O. The molecule has 0 saturated carbocycles. The molecule has 0 atom stereocenters. The third kappa shape index (κ3) is 1.96. The van der Waals surface area contributed by atoms with Gasteiger partial charge in [0, 0.05) is 16.8 Å². The van der Waals surface area contributed by atoms with Crippen molar-refractivity contribution in [3.05, 3.63) is 33.2 Å². The molecule has 0 unspecified atom stereocenters. The van der Waals surface area contributed by atoms with Gasteiger partial charge < -0.3 is 4.98 Å². The van der Waals surface area contributed by atoms with E-state index in [1.54, 1.807) is 6.07 Å². The second kappa shape index (κ2) is 4.01. The van der Waals surface area contributed by atoms with Gasteiger partial charge in [0.25, 0.3) is 12.0 Å². The maximum atomic E-state index is 12.4. The van der Waals surface area contributed by atoms with Gasteiger partial charge in [-0.3, -0.25) is 4.79 Å². The van der Waals surface area contributed by atoms with Gasteiger partial charge in [-0.05, 0) is 13.0 Å². The molecule has 0 aromatic carbocycles. The molecule has 0 aliphatic rings. The van der Waals surface area contributed by atoms with Gasteiger partial charge in [0.2, 0.25) is 0 Å². The number of nitrogens with zero attached hydrogens (tertiary/aromatic N) is 1. The number of alkyl halides is 2. The van der Waals surface area contributed by atoms with Crippen LogP contribution in [-0.2, 0) is 6.42 Å². The van der Waals surface area contributed by atoms with Crippen LogP contribution in [0.2, 0.25) is 0 Å². The maximum Gasteiger partial charge on any atom is 0.264 e. The van der Waals surface area contributed by atoms with Gasteiger partial charge >= 0.3 is 0 Å². The van der Waals surface area contributed by atoms with Crippen LogP contribution in [0.5, 0.6) is 0 Å². The minimum Gasteiger partial charge on any atom is -0.325 e. The molecule has 0 bridgehead atoms. The van der Waals surface area contributed by atoms with Gasteiger partial charge in [0.05, 0.1) is 12.5 Å². The molecular formula is C9H8F2N2O. The zero-order valence-electron chi connectivity index (χ0n) is 7.47. The van der Waals surface area contributed by atoms with E-state index in [2.05, 4.69) is 4.98 Å². The molecule has 1 aromatic rings. The van der Waals surface area contributed by atoms with Gasteiger partial charge in [0.15, 0.2) is 0 Å². The van der Waals surface area contributed by atoms with Crippen molar-refractivity contribution < 1.29 is 8.78 Å². The van der Waals surface area contributed by atoms with E-state index < -0.39 is 12.0 Å². The van der Waals surface area contributed by atoms with Crippen molar-refractivity contribution in [3.8, 4) is 6.07 Å². The zero-order valence-corrected chi connectivity index (χ0v) is 7.47. The molecule has 1 heterocycles. The van der Waals surface area contributed by atoms with E-state index in [1.165, 1.54) is 6.92 Å². The fourth-order valence-corrected chi connectivity index (χ4v) is 1.11. The fourth-order valence-electron chi connectivity index (χ4n) is 1.11. The van der Waals surface area contributed by atoms with Crippen molar-refractivity contribution in [1.82, 2.24) is 4.98 Å². The van der Waals surface area contributed by atoms with Crippen molar-refractivity contribution in [2.45, 2.75) is 19.8 Å². The highest BCUT2D eigenvalue weighted by molar-refractivity contribution is 5.27. The highest BCUT2D eigenvalue weighted by Crippen LogP contribution is 2.20. The summed E-state index contributed by atoms with van der Waals surface area (Å²) >= 11 is 0. The molecule has 0 fully saturated rings. The summed E-state index contributed by atoms with van der Waals surface area (Å²) in [6.07, 6.45) is -2.76. The summed E-state index contributed by atoms with van der Waals surface area (Å²) in [5.74, 6) is 0. The van der Waals surface area contributed by atoms with Crippen LogP contribution in [0.1, 0.15) is 23.2 Å². The first-order valence-electron chi connectivity index (χ1n) is 3.94. The lowest BCUT2D eigenvalue weighted by molar-refractivity contribution is 0.150. The van der Waals surface area contributed by atoms with E-state index in [1.807, 2.05) is 0 Å².